The average molecular weight is 116 g/mol. The van der Waals surface area contributed by atoms with Crippen LogP contribution in [0.1, 0.15) is 6.92 Å². The topological polar surface area (TPSA) is 46.3 Å². The number of hydrogen-bond donors (Lipinski definition) is 1. The van der Waals surface area contributed by atoms with Crippen LogP contribution in [0.3, 0.4) is 0 Å². The van der Waals surface area contributed by atoms with Gasteiger partial charge in [0.15, 0.2) is 0 Å². The van der Waals surface area contributed by atoms with E-state index in [0.29, 0.717) is 0 Å². The molecule has 0 bridgehead atoms. The van der Waals surface area contributed by atoms with Crippen LogP contribution in [0.2, 0.25) is 0 Å². The predicted molar refractivity (Wildman–Crippen MR) is 32.3 cm³/mol. The summed E-state index contributed by atoms with van der Waals surface area (Å²) >= 11 is 0. The Morgan fingerprint density at radius 2 is 2.00 bits per heavy atom. The molecule has 0 heterocycles. The Morgan fingerprint density at radius 3 is 2.00 bits per heavy atom. The normalized spacial score (nSPS) is 14.0. The summed E-state index contributed by atoms with van der Waals surface area (Å²) < 4.78 is 0. The molecule has 0 saturated carbocycles. The minimum Gasteiger partial charge on any atom is -0.368 e. The molecule has 3 nitrogen and oxygen atoms in total. The molecule has 0 aromatic heterocycles. The smallest absolute Gasteiger partial charge is 0.234 e. The molecule has 1 amide bonds. The first-order chi connectivity index (χ1) is 3.55. The number of hydrogen-bond acceptors (Lipinski definition) is 2. The molecule has 0 aromatic rings. The second-order valence-electron chi connectivity index (χ2n) is 2.04. The van der Waals surface area contributed by atoms with Gasteiger partial charge in [0, 0.05) is 0 Å². The second kappa shape index (κ2) is 2.67. The van der Waals surface area contributed by atoms with Crippen molar-refractivity contribution in [3.8, 4) is 0 Å². The number of amides is 1. The van der Waals surface area contributed by atoms with Gasteiger partial charge in [-0.3, -0.25) is 9.69 Å². The van der Waals surface area contributed by atoms with E-state index < -0.39 is 0 Å². The molecule has 0 aromatic carbocycles. The summed E-state index contributed by atoms with van der Waals surface area (Å²) in [6.07, 6.45) is 0. The third kappa shape index (κ3) is 1.93. The van der Waals surface area contributed by atoms with Gasteiger partial charge < -0.3 is 5.73 Å². The molecule has 0 spiro atoms. The zero-order valence-corrected chi connectivity index (χ0v) is 5.51. The Kier molecular flexibility index (Phi) is 2.48. The third-order valence-corrected chi connectivity index (χ3v) is 1.19. The van der Waals surface area contributed by atoms with Gasteiger partial charge in [-0.05, 0) is 21.0 Å². The van der Waals surface area contributed by atoms with Crippen molar-refractivity contribution in [3.05, 3.63) is 0 Å². The van der Waals surface area contributed by atoms with Gasteiger partial charge in [-0.25, -0.2) is 0 Å². The first-order valence-electron chi connectivity index (χ1n) is 2.51. The molecule has 3 heteroatoms. The molecule has 8 heavy (non-hydrogen) atoms. The number of nitrogens with zero attached hydrogens (tertiary/aromatic N) is 1. The predicted octanol–water partition coefficient (Wildman–Crippen LogP) is -0.578. The lowest BCUT2D eigenvalue weighted by Gasteiger charge is -2.14. The highest BCUT2D eigenvalue weighted by Crippen LogP contribution is 1.86. The summed E-state index contributed by atoms with van der Waals surface area (Å²) in [5.41, 5.74) is 4.96. The molecule has 0 aliphatic heterocycles. The Labute approximate surface area is 49.5 Å². The van der Waals surface area contributed by atoms with Crippen LogP contribution in [-0.4, -0.2) is 30.9 Å². The van der Waals surface area contributed by atoms with Crippen LogP contribution in [0, 0.1) is 0 Å². The van der Waals surface area contributed by atoms with E-state index in [0.717, 1.165) is 0 Å². The van der Waals surface area contributed by atoms with Gasteiger partial charge >= 0.3 is 0 Å². The highest BCUT2D eigenvalue weighted by molar-refractivity contribution is 5.79. The zero-order valence-electron chi connectivity index (χ0n) is 5.51. The number of carbonyl (C=O) groups excluding carboxylic acids is 1. The average Bonchev–Trinajstić information content (AvgIpc) is 1.64. The Bertz CT molecular complexity index is 90.4. The van der Waals surface area contributed by atoms with Crippen molar-refractivity contribution in [2.75, 3.05) is 14.1 Å². The number of likely N-dealkylation sites (N-methyl/N-ethyl adjacent to an activating group) is 1. The van der Waals surface area contributed by atoms with Crippen molar-refractivity contribution >= 4 is 5.91 Å². The van der Waals surface area contributed by atoms with E-state index in [1.165, 1.54) is 0 Å². The molecular weight excluding hydrogens is 104 g/mol. The molecule has 1 atom stereocenters. The Balaban J connectivity index is 3.64. The fraction of sp³-hybridized carbons (Fsp3) is 0.800. The highest BCUT2D eigenvalue weighted by Gasteiger charge is 2.08. The van der Waals surface area contributed by atoms with Gasteiger partial charge in [0.25, 0.3) is 0 Å². The van der Waals surface area contributed by atoms with E-state index in [1.807, 2.05) is 14.1 Å². The van der Waals surface area contributed by atoms with Crippen LogP contribution in [0.4, 0.5) is 0 Å². The van der Waals surface area contributed by atoms with E-state index in [4.69, 9.17) is 5.73 Å². The Morgan fingerprint density at radius 1 is 1.62 bits per heavy atom. The molecule has 0 radical (unpaired) electrons. The van der Waals surface area contributed by atoms with Gasteiger partial charge in [-0.2, -0.15) is 0 Å². The van der Waals surface area contributed by atoms with E-state index in [-0.39, 0.29) is 11.9 Å². The molecule has 0 fully saturated rings. The summed E-state index contributed by atoms with van der Waals surface area (Å²) in [6.45, 7) is 1.77. The van der Waals surface area contributed by atoms with E-state index in [1.54, 1.807) is 11.8 Å². The maximum absolute atomic E-state index is 10.3. The molecule has 0 saturated heterocycles. The minimum absolute atomic E-state index is 0.157. The fourth-order valence-electron chi connectivity index (χ4n) is 0.254. The van der Waals surface area contributed by atoms with Crippen LogP contribution < -0.4 is 5.73 Å². The van der Waals surface area contributed by atoms with Gasteiger partial charge in [-0.1, -0.05) is 0 Å². The van der Waals surface area contributed by atoms with Crippen molar-refractivity contribution in [2.45, 2.75) is 13.0 Å². The van der Waals surface area contributed by atoms with Crippen molar-refractivity contribution in [1.29, 1.82) is 0 Å². The highest BCUT2D eigenvalue weighted by atomic mass is 16.1. The molecular formula is C5H12N2O. The van der Waals surface area contributed by atoms with E-state index >= 15 is 0 Å². The van der Waals surface area contributed by atoms with Crippen molar-refractivity contribution < 1.29 is 4.79 Å². The monoisotopic (exact) mass is 116 g/mol. The van der Waals surface area contributed by atoms with Crippen LogP contribution in [0.15, 0.2) is 0 Å². The SMILES string of the molecule is C[C@@H](C(N)=O)N(C)C. The standard InChI is InChI=1S/C5H12N2O/c1-4(5(6)8)7(2)3/h4H,1-3H3,(H2,6,8)/t4-/m0/s1. The van der Waals surface area contributed by atoms with Crippen molar-refractivity contribution in [2.24, 2.45) is 5.73 Å². The summed E-state index contributed by atoms with van der Waals surface area (Å²) in [6, 6.07) is -0.157. The van der Waals surface area contributed by atoms with Gasteiger partial charge in [0.05, 0.1) is 6.04 Å². The number of primary amides is 1. The van der Waals surface area contributed by atoms with Gasteiger partial charge in [0.1, 0.15) is 0 Å². The maximum Gasteiger partial charge on any atom is 0.234 e. The van der Waals surface area contributed by atoms with Crippen LogP contribution in [-0.2, 0) is 4.79 Å². The minimum atomic E-state index is -0.282. The van der Waals surface area contributed by atoms with Crippen LogP contribution in [0.5, 0.6) is 0 Å². The lowest BCUT2D eigenvalue weighted by Crippen LogP contribution is -2.37. The number of carbonyl (C=O) groups is 1. The first-order valence-corrected chi connectivity index (χ1v) is 2.51. The number of rotatable bonds is 2. The van der Waals surface area contributed by atoms with Gasteiger partial charge in [-0.15, -0.1) is 0 Å². The van der Waals surface area contributed by atoms with Crippen molar-refractivity contribution in [3.63, 3.8) is 0 Å². The Hall–Kier alpha value is -0.570. The van der Waals surface area contributed by atoms with Gasteiger partial charge in [0.2, 0.25) is 5.91 Å². The number of nitrogens with two attached hydrogens (primary N) is 1. The summed E-state index contributed by atoms with van der Waals surface area (Å²) in [5.74, 6) is -0.282. The fourth-order valence-corrected chi connectivity index (χ4v) is 0.254. The van der Waals surface area contributed by atoms with E-state index in [9.17, 15) is 4.79 Å². The summed E-state index contributed by atoms with van der Waals surface area (Å²) in [7, 11) is 3.63. The lowest BCUT2D eigenvalue weighted by atomic mass is 10.3. The van der Waals surface area contributed by atoms with E-state index in [2.05, 4.69) is 0 Å². The first kappa shape index (κ1) is 7.43. The van der Waals surface area contributed by atoms with Crippen molar-refractivity contribution in [1.82, 2.24) is 4.90 Å². The summed E-state index contributed by atoms with van der Waals surface area (Å²) in [5, 5.41) is 0. The third-order valence-electron chi connectivity index (χ3n) is 1.19. The molecule has 2 N–H and O–H groups in total. The molecule has 0 aliphatic rings. The molecule has 0 rings (SSSR count). The summed E-state index contributed by atoms with van der Waals surface area (Å²) in [4.78, 5) is 12.1. The maximum atomic E-state index is 10.3. The quantitative estimate of drug-likeness (QED) is 0.524. The molecule has 0 aliphatic carbocycles. The lowest BCUT2D eigenvalue weighted by molar-refractivity contribution is -0.121. The zero-order chi connectivity index (χ0) is 6.73. The van der Waals surface area contributed by atoms with Crippen LogP contribution in [0.25, 0.3) is 0 Å². The van der Waals surface area contributed by atoms with Crippen LogP contribution >= 0.6 is 0 Å². The largest absolute Gasteiger partial charge is 0.368 e. The molecule has 48 valence electrons. The second-order valence-corrected chi connectivity index (χ2v) is 2.04. The molecule has 0 unspecified atom stereocenters.